The van der Waals surface area contributed by atoms with Gasteiger partial charge >= 0.3 is 0 Å². The molecule has 0 nitrogen and oxygen atoms in total. The predicted molar refractivity (Wildman–Crippen MR) is 58.1 cm³/mol. The zero-order chi connectivity index (χ0) is 8.53. The standard InChI is InChI=1S/C9H16S2/c1-4-7-8-9(10-5-2)11-6-3/h9H,4-6H2,1-3H3. The van der Waals surface area contributed by atoms with Crippen LogP contribution in [0.15, 0.2) is 0 Å². The predicted octanol–water partition coefficient (Wildman–Crippen LogP) is 3.23. The Morgan fingerprint density at radius 2 is 1.64 bits per heavy atom. The summed E-state index contributed by atoms with van der Waals surface area (Å²) in [5.41, 5.74) is 0. The van der Waals surface area contributed by atoms with Gasteiger partial charge in [-0.15, -0.1) is 29.4 Å². The van der Waals surface area contributed by atoms with Crippen molar-refractivity contribution in [3.8, 4) is 11.8 Å². The van der Waals surface area contributed by atoms with E-state index in [0.717, 1.165) is 17.9 Å². The summed E-state index contributed by atoms with van der Waals surface area (Å²) in [4.78, 5) is 0. The third kappa shape index (κ3) is 6.65. The zero-order valence-electron chi connectivity index (χ0n) is 7.52. The van der Waals surface area contributed by atoms with E-state index in [1.54, 1.807) is 0 Å². The topological polar surface area (TPSA) is 0 Å². The van der Waals surface area contributed by atoms with Gasteiger partial charge in [0.2, 0.25) is 0 Å². The van der Waals surface area contributed by atoms with Gasteiger partial charge < -0.3 is 0 Å². The molecule has 0 atom stereocenters. The molecule has 0 aromatic carbocycles. The van der Waals surface area contributed by atoms with E-state index in [-0.39, 0.29) is 0 Å². The average Bonchev–Trinajstić information content (AvgIpc) is 2.01. The molecule has 0 unspecified atom stereocenters. The van der Waals surface area contributed by atoms with E-state index in [4.69, 9.17) is 0 Å². The fourth-order valence-electron chi connectivity index (χ4n) is 0.620. The molecule has 0 saturated carbocycles. The van der Waals surface area contributed by atoms with E-state index in [1.807, 2.05) is 23.5 Å². The highest BCUT2D eigenvalue weighted by Gasteiger charge is 2.01. The highest BCUT2D eigenvalue weighted by atomic mass is 32.2. The lowest BCUT2D eigenvalue weighted by atomic mass is 10.5. The number of thioether (sulfide) groups is 2. The maximum absolute atomic E-state index is 3.25. The number of rotatable bonds is 4. The van der Waals surface area contributed by atoms with Gasteiger partial charge in [0.1, 0.15) is 4.58 Å². The Morgan fingerprint density at radius 1 is 1.09 bits per heavy atom. The van der Waals surface area contributed by atoms with Crippen molar-refractivity contribution < 1.29 is 0 Å². The van der Waals surface area contributed by atoms with Gasteiger partial charge in [-0.2, -0.15) is 0 Å². The lowest BCUT2D eigenvalue weighted by molar-refractivity contribution is 1.27. The molecule has 0 aliphatic carbocycles. The smallest absolute Gasteiger partial charge is 0.111 e. The Balaban J connectivity index is 3.68. The molecule has 0 aliphatic rings. The van der Waals surface area contributed by atoms with E-state index in [0.29, 0.717) is 4.58 Å². The van der Waals surface area contributed by atoms with Crippen LogP contribution in [0, 0.1) is 11.8 Å². The summed E-state index contributed by atoms with van der Waals surface area (Å²) in [6, 6.07) is 0. The SMILES string of the molecule is CCC#CC(SCC)SCC. The van der Waals surface area contributed by atoms with Crippen molar-refractivity contribution in [3.05, 3.63) is 0 Å². The molecule has 0 amide bonds. The minimum atomic E-state index is 0.505. The van der Waals surface area contributed by atoms with E-state index < -0.39 is 0 Å². The second-order valence-electron chi connectivity index (χ2n) is 1.92. The molecule has 0 aromatic heterocycles. The minimum Gasteiger partial charge on any atom is -0.135 e. The van der Waals surface area contributed by atoms with Crippen LogP contribution in [0.4, 0.5) is 0 Å². The summed E-state index contributed by atoms with van der Waals surface area (Å²) in [5, 5.41) is 0. The van der Waals surface area contributed by atoms with Crippen molar-refractivity contribution in [2.24, 2.45) is 0 Å². The largest absolute Gasteiger partial charge is 0.135 e. The second-order valence-corrected chi connectivity index (χ2v) is 4.98. The molecule has 11 heavy (non-hydrogen) atoms. The Kier molecular flexibility index (Phi) is 8.56. The summed E-state index contributed by atoms with van der Waals surface area (Å²) < 4.78 is 0.505. The van der Waals surface area contributed by atoms with Crippen molar-refractivity contribution in [1.82, 2.24) is 0 Å². The first-order valence-corrected chi connectivity index (χ1v) is 6.16. The molecule has 0 saturated heterocycles. The van der Waals surface area contributed by atoms with Crippen molar-refractivity contribution in [2.45, 2.75) is 31.8 Å². The van der Waals surface area contributed by atoms with Gasteiger partial charge in [-0.3, -0.25) is 0 Å². The van der Waals surface area contributed by atoms with Crippen LogP contribution in [-0.4, -0.2) is 16.1 Å². The molecule has 64 valence electrons. The van der Waals surface area contributed by atoms with Crippen LogP contribution in [0.1, 0.15) is 27.2 Å². The van der Waals surface area contributed by atoms with Crippen molar-refractivity contribution in [2.75, 3.05) is 11.5 Å². The van der Waals surface area contributed by atoms with Gasteiger partial charge in [0.15, 0.2) is 0 Å². The van der Waals surface area contributed by atoms with Crippen molar-refractivity contribution >= 4 is 23.5 Å². The minimum absolute atomic E-state index is 0.505. The number of hydrogen-bond acceptors (Lipinski definition) is 2. The van der Waals surface area contributed by atoms with Gasteiger partial charge in [-0.05, 0) is 11.5 Å². The zero-order valence-corrected chi connectivity index (χ0v) is 9.15. The summed E-state index contributed by atoms with van der Waals surface area (Å²) >= 11 is 3.86. The molecule has 0 bridgehead atoms. The average molecular weight is 188 g/mol. The molecule has 0 rings (SSSR count). The van der Waals surface area contributed by atoms with Crippen LogP contribution < -0.4 is 0 Å². The second kappa shape index (κ2) is 8.36. The third-order valence-corrected chi connectivity index (χ3v) is 3.36. The Morgan fingerprint density at radius 3 is 2.00 bits per heavy atom. The summed E-state index contributed by atoms with van der Waals surface area (Å²) in [6.45, 7) is 6.46. The van der Waals surface area contributed by atoms with Crippen LogP contribution in [-0.2, 0) is 0 Å². The van der Waals surface area contributed by atoms with E-state index in [1.165, 1.54) is 0 Å². The molecule has 0 spiro atoms. The number of hydrogen-bond donors (Lipinski definition) is 0. The molecule has 2 heteroatoms. The molecule has 0 N–H and O–H groups in total. The highest BCUT2D eigenvalue weighted by Crippen LogP contribution is 2.21. The lowest BCUT2D eigenvalue weighted by Gasteiger charge is -2.05. The lowest BCUT2D eigenvalue weighted by Crippen LogP contribution is -1.93. The van der Waals surface area contributed by atoms with Gasteiger partial charge in [0.05, 0.1) is 0 Å². The van der Waals surface area contributed by atoms with Crippen LogP contribution in [0.5, 0.6) is 0 Å². The first kappa shape index (κ1) is 11.3. The van der Waals surface area contributed by atoms with Crippen molar-refractivity contribution in [3.63, 3.8) is 0 Å². The molecule has 0 aromatic rings. The first-order chi connectivity index (χ1) is 5.35. The fourth-order valence-corrected chi connectivity index (χ4v) is 2.76. The van der Waals surface area contributed by atoms with Gasteiger partial charge in [-0.25, -0.2) is 0 Å². The molecule has 0 heterocycles. The quantitative estimate of drug-likeness (QED) is 0.491. The third-order valence-electron chi connectivity index (χ3n) is 1.03. The van der Waals surface area contributed by atoms with Crippen LogP contribution in [0.2, 0.25) is 0 Å². The summed E-state index contributed by atoms with van der Waals surface area (Å²) in [6.07, 6.45) is 0.977. The first-order valence-electron chi connectivity index (χ1n) is 4.06. The van der Waals surface area contributed by atoms with E-state index >= 15 is 0 Å². The van der Waals surface area contributed by atoms with Crippen LogP contribution in [0.25, 0.3) is 0 Å². The monoisotopic (exact) mass is 188 g/mol. The summed E-state index contributed by atoms with van der Waals surface area (Å²) in [7, 11) is 0. The Labute approximate surface area is 78.9 Å². The molecule has 0 radical (unpaired) electrons. The van der Waals surface area contributed by atoms with Gasteiger partial charge in [-0.1, -0.05) is 26.7 Å². The van der Waals surface area contributed by atoms with E-state index in [9.17, 15) is 0 Å². The highest BCUT2D eigenvalue weighted by molar-refractivity contribution is 8.17. The van der Waals surface area contributed by atoms with Crippen molar-refractivity contribution in [1.29, 1.82) is 0 Å². The summed E-state index contributed by atoms with van der Waals surface area (Å²) in [5.74, 6) is 8.70. The molecule has 0 aliphatic heterocycles. The molecule has 0 fully saturated rings. The van der Waals surface area contributed by atoms with Gasteiger partial charge in [0, 0.05) is 6.42 Å². The van der Waals surface area contributed by atoms with Crippen LogP contribution in [0.3, 0.4) is 0 Å². The Bertz CT molecular complexity index is 126. The Hall–Kier alpha value is 0.260. The normalized spacial score (nSPS) is 9.45. The maximum atomic E-state index is 3.25. The molecular formula is C9H16S2. The maximum Gasteiger partial charge on any atom is 0.111 e. The van der Waals surface area contributed by atoms with Gasteiger partial charge in [0.25, 0.3) is 0 Å². The molecular weight excluding hydrogens is 172 g/mol. The fraction of sp³-hybridized carbons (Fsp3) is 0.778. The van der Waals surface area contributed by atoms with E-state index in [2.05, 4.69) is 32.6 Å². The van der Waals surface area contributed by atoms with Crippen LogP contribution >= 0.6 is 23.5 Å².